The number of hydrogen-bond donors (Lipinski definition) is 5. The molecule has 2 saturated carbocycles. The summed E-state index contributed by atoms with van der Waals surface area (Å²) < 4.78 is 4.77. The van der Waals surface area contributed by atoms with Gasteiger partial charge in [0.05, 0.1) is 37.3 Å². The lowest BCUT2D eigenvalue weighted by Crippen LogP contribution is -2.52. The number of carbonyl (C=O) groups is 4. The van der Waals surface area contributed by atoms with Crippen LogP contribution in [0.3, 0.4) is 0 Å². The van der Waals surface area contributed by atoms with Crippen LogP contribution in [0.5, 0.6) is 0 Å². The van der Waals surface area contributed by atoms with Crippen LogP contribution in [-0.4, -0.2) is 90.1 Å². The molecular weight excluding hydrogens is 701 g/mol. The Hall–Kier alpha value is -5.84. The molecule has 4 aromatic rings. The SMILES string of the molecule is COC(=O)NC(C(=O)N1[C@@H]2C[C@@H]2C[C@H]1c1ncc(C#Cc2ccc3cc(-c4cnc([C@@H]5C[C@H]6C[C@H]6N5C(=O)C(NC(=O)O)C(C)C)[nH]4)ccc3c2)[nH]1)C(C)C. The van der Waals surface area contributed by atoms with Crippen LogP contribution in [0.15, 0.2) is 48.8 Å². The molecule has 8 rings (SSSR count). The molecule has 2 aromatic heterocycles. The van der Waals surface area contributed by atoms with E-state index in [9.17, 15) is 24.3 Å². The van der Waals surface area contributed by atoms with E-state index in [1.54, 1.807) is 12.4 Å². The van der Waals surface area contributed by atoms with Gasteiger partial charge in [-0.15, -0.1) is 0 Å². The highest BCUT2D eigenvalue weighted by Gasteiger charge is 2.57. The van der Waals surface area contributed by atoms with Gasteiger partial charge in [0, 0.05) is 23.2 Å². The fourth-order valence-corrected chi connectivity index (χ4v) is 8.55. The molecule has 5 N–H and O–H groups in total. The van der Waals surface area contributed by atoms with E-state index in [2.05, 4.69) is 43.5 Å². The van der Waals surface area contributed by atoms with Crippen molar-refractivity contribution in [3.63, 3.8) is 0 Å². The third kappa shape index (κ3) is 6.99. The Bertz CT molecular complexity index is 2230. The minimum Gasteiger partial charge on any atom is -0.465 e. The zero-order chi connectivity index (χ0) is 38.7. The highest BCUT2D eigenvalue weighted by molar-refractivity contribution is 5.89. The fourth-order valence-electron chi connectivity index (χ4n) is 8.55. The number of aromatic nitrogens is 4. The summed E-state index contributed by atoms with van der Waals surface area (Å²) in [6.45, 7) is 7.50. The normalized spacial score (nSPS) is 24.5. The predicted octanol–water partition coefficient (Wildman–Crippen LogP) is 5.35. The first-order valence-electron chi connectivity index (χ1n) is 19.0. The molecule has 2 aromatic carbocycles. The van der Waals surface area contributed by atoms with Gasteiger partial charge in [-0.3, -0.25) is 9.59 Å². The highest BCUT2D eigenvalue weighted by atomic mass is 16.5. The largest absolute Gasteiger partial charge is 0.465 e. The van der Waals surface area contributed by atoms with Crippen molar-refractivity contribution in [2.45, 2.75) is 89.6 Å². The number of benzene rings is 2. The van der Waals surface area contributed by atoms with Crippen molar-refractivity contribution >= 4 is 34.8 Å². The molecule has 55 heavy (non-hydrogen) atoms. The summed E-state index contributed by atoms with van der Waals surface area (Å²) in [6.07, 6.45) is 5.18. The van der Waals surface area contributed by atoms with Crippen molar-refractivity contribution in [1.29, 1.82) is 0 Å². The number of nitrogens with one attached hydrogen (secondary N) is 4. The lowest BCUT2D eigenvalue weighted by atomic mass is 10.0. The number of imidazole rings is 2. The van der Waals surface area contributed by atoms with E-state index < -0.39 is 24.3 Å². The quantitative estimate of drug-likeness (QED) is 0.142. The Morgan fingerprint density at radius 1 is 0.782 bits per heavy atom. The van der Waals surface area contributed by atoms with E-state index in [0.717, 1.165) is 53.3 Å². The number of aromatic amines is 2. The molecular formula is C41H46N8O6. The lowest BCUT2D eigenvalue weighted by Gasteiger charge is -2.31. The molecule has 8 atom stereocenters. The maximum atomic E-state index is 13.7. The predicted molar refractivity (Wildman–Crippen MR) is 202 cm³/mol. The topological polar surface area (TPSA) is 186 Å². The first kappa shape index (κ1) is 36.2. The maximum Gasteiger partial charge on any atom is 0.407 e. The molecule has 14 heteroatoms. The molecule has 0 bridgehead atoms. The van der Waals surface area contributed by atoms with E-state index in [1.165, 1.54) is 7.11 Å². The first-order chi connectivity index (χ1) is 26.4. The fraction of sp³-hybridized carbons (Fsp3) is 0.463. The van der Waals surface area contributed by atoms with Crippen LogP contribution in [0.1, 0.15) is 88.4 Å². The van der Waals surface area contributed by atoms with Gasteiger partial charge in [-0.1, -0.05) is 51.8 Å². The van der Waals surface area contributed by atoms with Crippen molar-refractivity contribution in [3.8, 4) is 23.1 Å². The number of carbonyl (C=O) groups excluding carboxylic acids is 3. The standard InChI is InChI=1S/C41H46N8O6/c1-20(2)34(46-40(52)53)38(50)49-31-15-27(31)17-33(49)37-43-19-29(45-37)25-10-9-23-12-22(6-8-24(23)13-25)7-11-28-18-42-36(44-28)32-16-26-14-30(26)48(32)39(51)35(21(3)4)47-41(54)55-5/h6,8-10,12-13,18-21,26-27,30-35,46H,14-17H2,1-5H3,(H,42,44)(H,43,45)(H,47,54)(H,52,53)/t26-,27-,30-,31-,32+,33+,34?,35?/m1/s1. The molecule has 2 saturated heterocycles. The average Bonchev–Trinajstić information content (AvgIpc) is 3.76. The highest BCUT2D eigenvalue weighted by Crippen LogP contribution is 2.54. The zero-order valence-electron chi connectivity index (χ0n) is 31.5. The van der Waals surface area contributed by atoms with E-state index in [0.29, 0.717) is 29.2 Å². The van der Waals surface area contributed by atoms with Gasteiger partial charge < -0.3 is 40.2 Å². The molecule has 4 amide bonds. The Morgan fingerprint density at radius 2 is 1.36 bits per heavy atom. The van der Waals surface area contributed by atoms with E-state index in [4.69, 9.17) is 9.72 Å². The molecule has 4 heterocycles. The van der Waals surface area contributed by atoms with Crippen LogP contribution < -0.4 is 10.6 Å². The summed E-state index contributed by atoms with van der Waals surface area (Å²) in [6, 6.07) is 10.5. The number of ether oxygens (including phenoxy) is 1. The lowest BCUT2D eigenvalue weighted by molar-refractivity contribution is -0.137. The zero-order valence-corrected chi connectivity index (χ0v) is 31.5. The van der Waals surface area contributed by atoms with Gasteiger partial charge in [-0.2, -0.15) is 0 Å². The van der Waals surface area contributed by atoms with Gasteiger partial charge in [0.1, 0.15) is 29.4 Å². The molecule has 4 fully saturated rings. The van der Waals surface area contributed by atoms with E-state index in [-0.39, 0.29) is 47.8 Å². The van der Waals surface area contributed by atoms with Crippen molar-refractivity contribution in [3.05, 3.63) is 71.7 Å². The van der Waals surface area contributed by atoms with Crippen molar-refractivity contribution in [1.82, 2.24) is 40.4 Å². The minimum atomic E-state index is -1.20. The number of carboxylic acid groups (broad SMARTS) is 1. The Labute approximate surface area is 318 Å². The second-order valence-corrected chi connectivity index (χ2v) is 16.0. The second-order valence-electron chi connectivity index (χ2n) is 16.0. The average molecular weight is 747 g/mol. The van der Waals surface area contributed by atoms with Crippen molar-refractivity contribution in [2.75, 3.05) is 7.11 Å². The molecule has 286 valence electrons. The van der Waals surface area contributed by atoms with Crippen LogP contribution in [0, 0.1) is 35.5 Å². The van der Waals surface area contributed by atoms with Crippen molar-refractivity contribution < 1.29 is 29.0 Å². The number of amides is 4. The molecule has 2 aliphatic heterocycles. The molecule has 0 radical (unpaired) electrons. The van der Waals surface area contributed by atoms with E-state index in [1.807, 2.05) is 67.8 Å². The number of rotatable bonds is 9. The minimum absolute atomic E-state index is 0.109. The van der Waals surface area contributed by atoms with Crippen LogP contribution in [0.4, 0.5) is 9.59 Å². The number of methoxy groups -OCH3 is 1. The first-order valence-corrected chi connectivity index (χ1v) is 19.0. The molecule has 0 spiro atoms. The molecule has 2 aliphatic carbocycles. The number of H-pyrrole nitrogens is 2. The molecule has 14 nitrogen and oxygen atoms in total. The number of hydrogen-bond acceptors (Lipinski definition) is 7. The Balaban J connectivity index is 0.953. The van der Waals surface area contributed by atoms with Gasteiger partial charge in [0.25, 0.3) is 0 Å². The summed E-state index contributed by atoms with van der Waals surface area (Å²) in [5, 5.41) is 16.6. The summed E-state index contributed by atoms with van der Waals surface area (Å²) in [5.74, 6) is 8.07. The second kappa shape index (κ2) is 14.1. The summed E-state index contributed by atoms with van der Waals surface area (Å²) >= 11 is 0. The summed E-state index contributed by atoms with van der Waals surface area (Å²) in [4.78, 5) is 70.6. The summed E-state index contributed by atoms with van der Waals surface area (Å²) in [7, 11) is 1.29. The molecule has 2 unspecified atom stereocenters. The van der Waals surface area contributed by atoms with Gasteiger partial charge in [0.2, 0.25) is 11.8 Å². The smallest absolute Gasteiger partial charge is 0.407 e. The molecule has 4 aliphatic rings. The number of alkyl carbamates (subject to hydrolysis) is 1. The number of fused-ring (bicyclic) bond motifs is 3. The van der Waals surface area contributed by atoms with Gasteiger partial charge in [0.15, 0.2) is 0 Å². The summed E-state index contributed by atoms with van der Waals surface area (Å²) in [5.41, 5.74) is 3.29. The van der Waals surface area contributed by atoms with Crippen LogP contribution >= 0.6 is 0 Å². The third-order valence-electron chi connectivity index (χ3n) is 11.6. The van der Waals surface area contributed by atoms with E-state index >= 15 is 0 Å². The van der Waals surface area contributed by atoms with Crippen molar-refractivity contribution in [2.24, 2.45) is 23.7 Å². The number of nitrogens with zero attached hydrogens (tertiary/aromatic N) is 4. The Kier molecular flexibility index (Phi) is 9.27. The van der Waals surface area contributed by atoms with Gasteiger partial charge in [-0.05, 0) is 84.2 Å². The maximum absolute atomic E-state index is 13.7. The Morgan fingerprint density at radius 3 is 1.98 bits per heavy atom. The van der Waals surface area contributed by atoms with Crippen LogP contribution in [-0.2, 0) is 14.3 Å². The van der Waals surface area contributed by atoms with Crippen LogP contribution in [0.25, 0.3) is 22.0 Å². The number of piperidine rings is 2. The van der Waals surface area contributed by atoms with Gasteiger partial charge >= 0.3 is 12.2 Å². The third-order valence-corrected chi connectivity index (χ3v) is 11.6. The van der Waals surface area contributed by atoms with Gasteiger partial charge in [-0.25, -0.2) is 19.6 Å². The number of likely N-dealkylation sites (tertiary alicyclic amines) is 2. The monoisotopic (exact) mass is 746 g/mol. The van der Waals surface area contributed by atoms with Crippen LogP contribution in [0.2, 0.25) is 0 Å².